The minimum Gasteiger partial charge on any atom is -0.481 e. The van der Waals surface area contributed by atoms with E-state index < -0.39 is 11.9 Å². The number of carboxylic acids is 1. The molecule has 4 heteroatoms. The first-order valence-corrected chi connectivity index (χ1v) is 6.20. The lowest BCUT2D eigenvalue weighted by Crippen LogP contribution is -2.39. The van der Waals surface area contributed by atoms with Crippen LogP contribution in [0.4, 0.5) is 0 Å². The molecule has 0 saturated heterocycles. The molecular formula is C13H25NO3. The Labute approximate surface area is 104 Å². The maximum atomic E-state index is 11.8. The van der Waals surface area contributed by atoms with Crippen LogP contribution in [0.25, 0.3) is 0 Å². The van der Waals surface area contributed by atoms with Crippen molar-refractivity contribution >= 4 is 11.9 Å². The van der Waals surface area contributed by atoms with E-state index in [9.17, 15) is 9.59 Å². The second-order valence-corrected chi connectivity index (χ2v) is 5.66. The van der Waals surface area contributed by atoms with Gasteiger partial charge in [0, 0.05) is 12.5 Å². The Bertz CT molecular complexity index is 268. The Hall–Kier alpha value is -1.06. The van der Waals surface area contributed by atoms with E-state index in [0.29, 0.717) is 6.42 Å². The summed E-state index contributed by atoms with van der Waals surface area (Å²) in [6.45, 7) is 10.0. The molecule has 0 aliphatic heterocycles. The Balaban J connectivity index is 4.26. The number of hydrogen-bond donors (Lipinski definition) is 2. The van der Waals surface area contributed by atoms with Crippen LogP contribution >= 0.6 is 0 Å². The molecule has 0 aliphatic carbocycles. The van der Waals surface area contributed by atoms with E-state index >= 15 is 0 Å². The number of amides is 1. The summed E-state index contributed by atoms with van der Waals surface area (Å²) in [7, 11) is 0. The summed E-state index contributed by atoms with van der Waals surface area (Å²) in [5, 5.41) is 11.7. The largest absolute Gasteiger partial charge is 0.481 e. The average molecular weight is 243 g/mol. The van der Waals surface area contributed by atoms with Crippen molar-refractivity contribution in [2.24, 2.45) is 17.3 Å². The van der Waals surface area contributed by atoms with E-state index in [0.717, 1.165) is 6.42 Å². The van der Waals surface area contributed by atoms with Crippen molar-refractivity contribution in [1.29, 1.82) is 0 Å². The van der Waals surface area contributed by atoms with Crippen LogP contribution in [0.2, 0.25) is 0 Å². The third-order valence-electron chi connectivity index (χ3n) is 3.20. The summed E-state index contributed by atoms with van der Waals surface area (Å²) < 4.78 is 0. The number of carboxylic acid groups (broad SMARTS) is 1. The zero-order valence-electron chi connectivity index (χ0n) is 11.5. The number of carbonyl (C=O) groups is 2. The predicted molar refractivity (Wildman–Crippen MR) is 67.7 cm³/mol. The SMILES string of the molecule is CCCC(CNC(=O)C(C)C(C)(C)C)C(=O)O. The average Bonchev–Trinajstić information content (AvgIpc) is 2.20. The van der Waals surface area contributed by atoms with Crippen LogP contribution in [-0.4, -0.2) is 23.5 Å². The maximum absolute atomic E-state index is 11.8. The minimum atomic E-state index is -0.837. The van der Waals surface area contributed by atoms with E-state index in [2.05, 4.69) is 5.32 Å². The maximum Gasteiger partial charge on any atom is 0.308 e. The summed E-state index contributed by atoms with van der Waals surface area (Å²) in [5.41, 5.74) is -0.104. The Morgan fingerprint density at radius 3 is 2.18 bits per heavy atom. The van der Waals surface area contributed by atoms with Gasteiger partial charge in [0.15, 0.2) is 0 Å². The molecule has 0 spiro atoms. The second kappa shape index (κ2) is 6.62. The smallest absolute Gasteiger partial charge is 0.308 e. The van der Waals surface area contributed by atoms with Crippen LogP contribution in [0, 0.1) is 17.3 Å². The molecule has 0 rings (SSSR count). The number of aliphatic carboxylic acids is 1. The molecule has 2 unspecified atom stereocenters. The Morgan fingerprint density at radius 2 is 1.82 bits per heavy atom. The van der Waals surface area contributed by atoms with Crippen molar-refractivity contribution in [2.45, 2.75) is 47.5 Å². The van der Waals surface area contributed by atoms with Crippen molar-refractivity contribution in [1.82, 2.24) is 5.32 Å². The third-order valence-corrected chi connectivity index (χ3v) is 3.20. The minimum absolute atomic E-state index is 0.0696. The second-order valence-electron chi connectivity index (χ2n) is 5.66. The highest BCUT2D eigenvalue weighted by molar-refractivity contribution is 5.79. The van der Waals surface area contributed by atoms with E-state index in [1.807, 2.05) is 34.6 Å². The van der Waals surface area contributed by atoms with Crippen LogP contribution in [0.1, 0.15) is 47.5 Å². The van der Waals surface area contributed by atoms with Crippen molar-refractivity contribution < 1.29 is 14.7 Å². The molecule has 0 aromatic heterocycles. The molecule has 2 atom stereocenters. The molecule has 4 nitrogen and oxygen atoms in total. The lowest BCUT2D eigenvalue weighted by molar-refractivity contribution is -0.142. The van der Waals surface area contributed by atoms with E-state index in [1.54, 1.807) is 0 Å². The molecule has 0 aromatic carbocycles. The first kappa shape index (κ1) is 15.9. The van der Waals surface area contributed by atoms with Gasteiger partial charge in [0.1, 0.15) is 0 Å². The lowest BCUT2D eigenvalue weighted by atomic mass is 9.81. The normalized spacial score (nSPS) is 15.1. The van der Waals surface area contributed by atoms with Gasteiger partial charge in [-0.1, -0.05) is 41.0 Å². The predicted octanol–water partition coefficient (Wildman–Crippen LogP) is 2.29. The van der Waals surface area contributed by atoms with Gasteiger partial charge in [-0.05, 0) is 11.8 Å². The van der Waals surface area contributed by atoms with Gasteiger partial charge in [-0.2, -0.15) is 0 Å². The molecular weight excluding hydrogens is 218 g/mol. The molecule has 0 fully saturated rings. The molecule has 0 heterocycles. The fraction of sp³-hybridized carbons (Fsp3) is 0.846. The molecule has 0 radical (unpaired) electrons. The molecule has 100 valence electrons. The summed E-state index contributed by atoms with van der Waals surface area (Å²) in [6, 6.07) is 0. The molecule has 0 aromatic rings. The molecule has 0 aliphatic rings. The first-order chi connectivity index (χ1) is 7.70. The van der Waals surface area contributed by atoms with E-state index in [1.165, 1.54) is 0 Å². The van der Waals surface area contributed by atoms with Crippen LogP contribution in [0.15, 0.2) is 0 Å². The Morgan fingerprint density at radius 1 is 1.29 bits per heavy atom. The van der Waals surface area contributed by atoms with Crippen molar-refractivity contribution in [3.63, 3.8) is 0 Å². The van der Waals surface area contributed by atoms with Crippen molar-refractivity contribution in [2.75, 3.05) is 6.54 Å². The number of carbonyl (C=O) groups excluding carboxylic acids is 1. The zero-order chi connectivity index (χ0) is 13.6. The molecule has 1 amide bonds. The molecule has 17 heavy (non-hydrogen) atoms. The highest BCUT2D eigenvalue weighted by Crippen LogP contribution is 2.25. The molecule has 2 N–H and O–H groups in total. The van der Waals surface area contributed by atoms with Gasteiger partial charge in [-0.15, -0.1) is 0 Å². The summed E-state index contributed by atoms with van der Waals surface area (Å²) in [6.07, 6.45) is 1.40. The summed E-state index contributed by atoms with van der Waals surface area (Å²) in [5.74, 6) is -1.51. The highest BCUT2D eigenvalue weighted by atomic mass is 16.4. The van der Waals surface area contributed by atoms with Crippen molar-refractivity contribution in [3.8, 4) is 0 Å². The van der Waals surface area contributed by atoms with Gasteiger partial charge < -0.3 is 10.4 Å². The quantitative estimate of drug-likeness (QED) is 0.752. The zero-order valence-corrected chi connectivity index (χ0v) is 11.5. The standard InChI is InChI=1S/C13H25NO3/c1-6-7-10(12(16)17)8-14-11(15)9(2)13(3,4)5/h9-10H,6-8H2,1-5H3,(H,14,15)(H,16,17). The van der Waals surface area contributed by atoms with Gasteiger partial charge in [0.2, 0.25) is 5.91 Å². The summed E-state index contributed by atoms with van der Waals surface area (Å²) >= 11 is 0. The number of nitrogens with one attached hydrogen (secondary N) is 1. The van der Waals surface area contributed by atoms with Gasteiger partial charge in [0.05, 0.1) is 5.92 Å². The van der Waals surface area contributed by atoms with Gasteiger partial charge in [-0.3, -0.25) is 9.59 Å². The van der Waals surface area contributed by atoms with Crippen LogP contribution < -0.4 is 5.32 Å². The fourth-order valence-corrected chi connectivity index (χ4v) is 1.43. The van der Waals surface area contributed by atoms with Crippen LogP contribution in [-0.2, 0) is 9.59 Å². The third kappa shape index (κ3) is 5.71. The first-order valence-electron chi connectivity index (χ1n) is 6.20. The van der Waals surface area contributed by atoms with E-state index in [4.69, 9.17) is 5.11 Å². The van der Waals surface area contributed by atoms with E-state index in [-0.39, 0.29) is 23.8 Å². The van der Waals surface area contributed by atoms with Gasteiger partial charge in [0.25, 0.3) is 0 Å². The summed E-state index contributed by atoms with van der Waals surface area (Å²) in [4.78, 5) is 22.7. The van der Waals surface area contributed by atoms with Crippen molar-refractivity contribution in [3.05, 3.63) is 0 Å². The fourth-order valence-electron chi connectivity index (χ4n) is 1.43. The molecule has 0 saturated carbocycles. The lowest BCUT2D eigenvalue weighted by Gasteiger charge is -2.26. The topological polar surface area (TPSA) is 66.4 Å². The van der Waals surface area contributed by atoms with Gasteiger partial charge >= 0.3 is 5.97 Å². The number of hydrogen-bond acceptors (Lipinski definition) is 2. The molecule has 0 bridgehead atoms. The van der Waals surface area contributed by atoms with Crippen LogP contribution in [0.3, 0.4) is 0 Å². The highest BCUT2D eigenvalue weighted by Gasteiger charge is 2.27. The number of rotatable bonds is 6. The van der Waals surface area contributed by atoms with Gasteiger partial charge in [-0.25, -0.2) is 0 Å². The monoisotopic (exact) mass is 243 g/mol. The van der Waals surface area contributed by atoms with Crippen LogP contribution in [0.5, 0.6) is 0 Å². The Kier molecular flexibility index (Phi) is 6.21.